The van der Waals surface area contributed by atoms with Gasteiger partial charge in [-0.1, -0.05) is 17.8 Å². The molecule has 0 spiro atoms. The highest BCUT2D eigenvalue weighted by Crippen LogP contribution is 2.32. The minimum atomic E-state index is -0.961. The second-order valence-electron chi connectivity index (χ2n) is 18.5. The van der Waals surface area contributed by atoms with E-state index in [9.17, 15) is 43.2 Å². The average Bonchev–Trinajstić information content (AvgIpc) is 4.00. The number of benzene rings is 2. The summed E-state index contributed by atoms with van der Waals surface area (Å²) in [5, 5.41) is 7.69. The number of anilines is 2. The summed E-state index contributed by atoms with van der Waals surface area (Å²) in [7, 11) is 0. The Morgan fingerprint density at radius 2 is 0.987 bits per heavy atom. The Morgan fingerprint density at radius 1 is 0.557 bits per heavy atom. The Kier molecular flexibility index (Phi) is 24.5. The number of rotatable bonds is 21. The number of piperazine rings is 2. The molecule has 8 rings (SSSR count). The summed E-state index contributed by atoms with van der Waals surface area (Å²) in [6, 6.07) is 8.56. The van der Waals surface area contributed by atoms with Crippen molar-refractivity contribution in [1.82, 2.24) is 30.7 Å². The molecule has 8 amide bonds. The predicted molar refractivity (Wildman–Crippen MR) is 287 cm³/mol. The molecule has 2 aromatic rings. The molecule has 4 fully saturated rings. The lowest BCUT2D eigenvalue weighted by atomic mass is 10.0. The third-order valence-corrected chi connectivity index (χ3v) is 13.3. The molecule has 2 atom stereocenters. The van der Waals surface area contributed by atoms with Crippen LogP contribution in [-0.4, -0.2) is 205 Å². The van der Waals surface area contributed by atoms with E-state index in [-0.39, 0.29) is 49.7 Å². The van der Waals surface area contributed by atoms with Crippen LogP contribution in [0.1, 0.15) is 108 Å². The van der Waals surface area contributed by atoms with Gasteiger partial charge in [0.05, 0.1) is 55.2 Å². The first-order valence-corrected chi connectivity index (χ1v) is 27.0. The minimum Gasteiger partial charge on any atom is -0.375 e. The van der Waals surface area contributed by atoms with E-state index in [0.29, 0.717) is 95.2 Å². The zero-order valence-corrected chi connectivity index (χ0v) is 45.5. The summed E-state index contributed by atoms with van der Waals surface area (Å²) in [5.41, 5.74) is 2.98. The van der Waals surface area contributed by atoms with Gasteiger partial charge in [0.1, 0.15) is 12.1 Å². The van der Waals surface area contributed by atoms with Gasteiger partial charge in [-0.2, -0.15) is 0 Å². The third kappa shape index (κ3) is 17.0. The fourth-order valence-corrected chi connectivity index (χ4v) is 9.41. The molecular weight excluding hydrogens is 1020 g/mol. The van der Waals surface area contributed by atoms with Crippen molar-refractivity contribution in [3.63, 3.8) is 0 Å². The van der Waals surface area contributed by atoms with E-state index in [1.807, 2.05) is 39.8 Å². The van der Waals surface area contributed by atoms with Gasteiger partial charge in [0.25, 0.3) is 23.6 Å². The number of aldehydes is 1. The molecule has 3 N–H and O–H groups in total. The van der Waals surface area contributed by atoms with Crippen molar-refractivity contribution in [3.8, 4) is 23.7 Å². The molecule has 6 aliphatic heterocycles. The Morgan fingerprint density at radius 3 is 1.42 bits per heavy atom. The van der Waals surface area contributed by atoms with Crippen LogP contribution in [0.4, 0.5) is 11.4 Å². The zero-order chi connectivity index (χ0) is 56.7. The van der Waals surface area contributed by atoms with Crippen molar-refractivity contribution in [2.24, 2.45) is 0 Å². The van der Waals surface area contributed by atoms with Crippen molar-refractivity contribution >= 4 is 64.9 Å². The Labute approximate surface area is 460 Å². The fourth-order valence-electron chi connectivity index (χ4n) is 9.41. The summed E-state index contributed by atoms with van der Waals surface area (Å²) in [4.78, 5) is 117. The fraction of sp³-hybridized carbons (Fsp3) is 0.554. The van der Waals surface area contributed by atoms with Crippen molar-refractivity contribution in [1.29, 1.82) is 0 Å². The lowest BCUT2D eigenvalue weighted by Gasteiger charge is -2.35. The van der Waals surface area contributed by atoms with Gasteiger partial charge in [-0.3, -0.25) is 68.5 Å². The SMILES string of the molecule is CCOC(COCCC#CC=O)OCC.CCOC(COCCC#CCN1CCN(c2ccc3c(c2)C(=O)N(C2CCC(=O)NC2=O)C3=O)CC1)OCC.O=C1CCC(N2C(=O)c3ccc(N4CCNCC4)cc3C2=O)C(=O)N1. The molecule has 0 saturated carbocycles. The number of nitrogens with one attached hydrogen (secondary N) is 3. The number of carbonyl (C=O) groups is 9. The van der Waals surface area contributed by atoms with E-state index in [1.165, 1.54) is 0 Å². The molecule has 426 valence electrons. The number of hydrogen-bond donors (Lipinski definition) is 3. The molecule has 6 heterocycles. The van der Waals surface area contributed by atoms with E-state index >= 15 is 0 Å². The first-order valence-electron chi connectivity index (χ1n) is 27.0. The van der Waals surface area contributed by atoms with E-state index < -0.39 is 53.4 Å². The Hall–Kier alpha value is -6.93. The maximum absolute atomic E-state index is 13.1. The molecule has 0 radical (unpaired) electrons. The first kappa shape index (κ1) is 61.3. The molecule has 79 heavy (non-hydrogen) atoms. The molecule has 6 aliphatic rings. The summed E-state index contributed by atoms with van der Waals surface area (Å²) < 4.78 is 32.3. The molecule has 23 nitrogen and oxygen atoms in total. The number of piperidine rings is 2. The van der Waals surface area contributed by atoms with E-state index in [1.54, 1.807) is 24.3 Å². The molecule has 2 unspecified atom stereocenters. The van der Waals surface area contributed by atoms with Crippen LogP contribution in [0.3, 0.4) is 0 Å². The van der Waals surface area contributed by atoms with Crippen LogP contribution in [0.15, 0.2) is 36.4 Å². The van der Waals surface area contributed by atoms with E-state index in [4.69, 9.17) is 28.4 Å². The van der Waals surface area contributed by atoms with Crippen LogP contribution >= 0.6 is 0 Å². The normalized spacial score (nSPS) is 19.2. The number of nitrogens with zero attached hydrogens (tertiary/aromatic N) is 5. The zero-order valence-electron chi connectivity index (χ0n) is 45.5. The van der Waals surface area contributed by atoms with Gasteiger partial charge in [-0.05, 0) is 82.9 Å². The Balaban J connectivity index is 0.000000214. The smallest absolute Gasteiger partial charge is 0.262 e. The van der Waals surface area contributed by atoms with Gasteiger partial charge in [0.2, 0.25) is 23.6 Å². The van der Waals surface area contributed by atoms with Crippen LogP contribution in [0.5, 0.6) is 0 Å². The van der Waals surface area contributed by atoms with Crippen molar-refractivity contribution in [2.45, 2.75) is 90.9 Å². The standard InChI is InChI=1S/C28H36N4O7.C17H18N4O4.C11H18O4/c1-3-38-25(39-4-2)19-37-17-7-5-6-12-30-13-15-31(16-14-30)20-8-9-21-22(18-20)28(36)32(27(21)35)23-10-11-24(33)29-26(23)34;22-14-4-3-13(15(23)19-14)21-16(24)11-2-1-10(9-12(11)17(21)25)20-7-5-18-6-8-20;1-3-14-11(15-4-2)10-13-9-7-5-6-8-12/h8-9,18,23,25H,3-4,7,10-17,19H2,1-2H3,(H,29,33,34);1-2,9,13,18H,3-8H2,(H,19,22,23);8,11H,3-4,7,9-10H2,1-2H3. The molecule has 23 heteroatoms. The van der Waals surface area contributed by atoms with Crippen LogP contribution in [0.2, 0.25) is 0 Å². The molecule has 0 aliphatic carbocycles. The largest absolute Gasteiger partial charge is 0.375 e. The average molecular weight is 1100 g/mol. The highest BCUT2D eigenvalue weighted by molar-refractivity contribution is 6.24. The lowest BCUT2D eigenvalue weighted by molar-refractivity contribution is -0.167. The van der Waals surface area contributed by atoms with Gasteiger partial charge in [0.15, 0.2) is 18.9 Å². The van der Waals surface area contributed by atoms with Crippen molar-refractivity contribution < 1.29 is 71.6 Å². The maximum Gasteiger partial charge on any atom is 0.262 e. The minimum absolute atomic E-state index is 0.0981. The van der Waals surface area contributed by atoms with Crippen LogP contribution in [-0.2, 0) is 52.4 Å². The molecular formula is C56H72N8O15. The lowest BCUT2D eigenvalue weighted by Crippen LogP contribution is -2.54. The van der Waals surface area contributed by atoms with Crippen molar-refractivity contribution in [2.75, 3.05) is 122 Å². The quantitative estimate of drug-likeness (QED) is 0.0526. The monoisotopic (exact) mass is 1100 g/mol. The van der Waals surface area contributed by atoms with Crippen LogP contribution < -0.4 is 25.8 Å². The number of carbonyl (C=O) groups excluding carboxylic acids is 9. The first-order chi connectivity index (χ1) is 38.3. The highest BCUT2D eigenvalue weighted by atomic mass is 16.7. The molecule has 2 aromatic carbocycles. The molecule has 4 saturated heterocycles. The number of hydrogen-bond acceptors (Lipinski definition) is 19. The number of imide groups is 4. The van der Waals surface area contributed by atoms with E-state index in [2.05, 4.69) is 54.3 Å². The van der Waals surface area contributed by atoms with Gasteiger partial charge in [-0.15, -0.1) is 0 Å². The van der Waals surface area contributed by atoms with E-state index in [0.717, 1.165) is 73.5 Å². The summed E-state index contributed by atoms with van der Waals surface area (Å²) in [6.45, 7) is 19.0. The number of ether oxygens (including phenoxy) is 6. The van der Waals surface area contributed by atoms with Gasteiger partial charge in [-0.25, -0.2) is 0 Å². The van der Waals surface area contributed by atoms with Gasteiger partial charge < -0.3 is 43.5 Å². The van der Waals surface area contributed by atoms with Crippen LogP contribution in [0.25, 0.3) is 0 Å². The summed E-state index contributed by atoms with van der Waals surface area (Å²) in [6.07, 6.45) is 1.65. The third-order valence-electron chi connectivity index (χ3n) is 13.3. The predicted octanol–water partition coefficient (Wildman–Crippen LogP) is 1.51. The summed E-state index contributed by atoms with van der Waals surface area (Å²) in [5.74, 6) is 7.44. The number of amides is 8. The maximum atomic E-state index is 13.1. The van der Waals surface area contributed by atoms with Crippen LogP contribution in [0, 0.1) is 23.7 Å². The van der Waals surface area contributed by atoms with Gasteiger partial charge in [0, 0.05) is 116 Å². The molecule has 0 bridgehead atoms. The van der Waals surface area contributed by atoms with Crippen molar-refractivity contribution in [3.05, 3.63) is 58.7 Å². The number of fused-ring (bicyclic) bond motifs is 2. The second-order valence-corrected chi connectivity index (χ2v) is 18.5. The Bertz CT molecular complexity index is 2620. The highest BCUT2D eigenvalue weighted by Gasteiger charge is 2.46. The topological polar surface area (TPSA) is 261 Å². The second kappa shape index (κ2) is 31.6. The summed E-state index contributed by atoms with van der Waals surface area (Å²) >= 11 is 0. The van der Waals surface area contributed by atoms with Gasteiger partial charge >= 0.3 is 0 Å². The molecule has 0 aromatic heterocycles.